The molecule has 1 saturated carbocycles. The quantitative estimate of drug-likeness (QED) is 0.363. The second kappa shape index (κ2) is 11.2. The van der Waals surface area contributed by atoms with Gasteiger partial charge in [-0.05, 0) is 56.6 Å². The van der Waals surface area contributed by atoms with Gasteiger partial charge >= 0.3 is 0 Å². The molecule has 1 fully saturated rings. The normalized spacial score (nSPS) is 14.5. The molecule has 0 heterocycles. The van der Waals surface area contributed by atoms with Crippen molar-refractivity contribution in [1.29, 1.82) is 0 Å². The highest BCUT2D eigenvalue weighted by Gasteiger charge is 2.22. The van der Waals surface area contributed by atoms with Crippen molar-refractivity contribution in [3.05, 3.63) is 29.8 Å². The molecule has 1 aromatic rings. The van der Waals surface area contributed by atoms with Gasteiger partial charge in [-0.15, -0.1) is 0 Å². The van der Waals surface area contributed by atoms with Crippen LogP contribution in [0.2, 0.25) is 0 Å². The third-order valence-electron chi connectivity index (χ3n) is 3.96. The number of nitrogens with one attached hydrogen (secondary N) is 2. The van der Waals surface area contributed by atoms with E-state index in [-0.39, 0.29) is 0 Å². The lowest BCUT2D eigenvalue weighted by molar-refractivity contribution is 0.297. The molecule has 1 aliphatic carbocycles. The number of hydrogen-bond acceptors (Lipinski definition) is 3. The standard InChI is InChI=1S/C19H31N3OS/c1-3-20-19(21-12-6-7-13-24-2)22-14-17-8-4-5-9-18(17)23-15-16-10-11-16/h4-5,8-9,16H,3,6-7,10-15H2,1-2H3,(H2,20,21,22). The fourth-order valence-electron chi connectivity index (χ4n) is 2.35. The summed E-state index contributed by atoms with van der Waals surface area (Å²) in [7, 11) is 0. The topological polar surface area (TPSA) is 45.7 Å². The molecule has 0 amide bonds. The number of nitrogens with zero attached hydrogens (tertiary/aromatic N) is 1. The Morgan fingerprint density at radius 2 is 2.08 bits per heavy atom. The first kappa shape index (κ1) is 19.0. The molecule has 1 aromatic carbocycles. The van der Waals surface area contributed by atoms with Crippen molar-refractivity contribution in [2.75, 3.05) is 31.7 Å². The van der Waals surface area contributed by atoms with Gasteiger partial charge in [0.2, 0.25) is 0 Å². The maximum Gasteiger partial charge on any atom is 0.191 e. The van der Waals surface area contributed by atoms with E-state index >= 15 is 0 Å². The van der Waals surface area contributed by atoms with Crippen molar-refractivity contribution >= 4 is 17.7 Å². The van der Waals surface area contributed by atoms with Gasteiger partial charge in [-0.2, -0.15) is 11.8 Å². The number of thioether (sulfide) groups is 1. The van der Waals surface area contributed by atoms with Gasteiger partial charge in [-0.1, -0.05) is 18.2 Å². The van der Waals surface area contributed by atoms with E-state index in [0.29, 0.717) is 6.54 Å². The van der Waals surface area contributed by atoms with Crippen LogP contribution < -0.4 is 15.4 Å². The molecule has 0 bridgehead atoms. The van der Waals surface area contributed by atoms with Crippen LogP contribution in [-0.4, -0.2) is 37.7 Å². The summed E-state index contributed by atoms with van der Waals surface area (Å²) in [6.07, 6.45) is 7.19. The largest absolute Gasteiger partial charge is 0.493 e. The molecule has 0 unspecified atom stereocenters. The fourth-order valence-corrected chi connectivity index (χ4v) is 2.84. The highest BCUT2D eigenvalue weighted by molar-refractivity contribution is 7.98. The molecule has 134 valence electrons. The Morgan fingerprint density at radius 1 is 1.25 bits per heavy atom. The highest BCUT2D eigenvalue weighted by atomic mass is 32.2. The van der Waals surface area contributed by atoms with Crippen molar-refractivity contribution in [2.24, 2.45) is 10.9 Å². The minimum absolute atomic E-state index is 0.640. The molecule has 0 aliphatic heterocycles. The van der Waals surface area contributed by atoms with Gasteiger partial charge < -0.3 is 15.4 Å². The molecule has 24 heavy (non-hydrogen) atoms. The van der Waals surface area contributed by atoms with Gasteiger partial charge in [0.15, 0.2) is 5.96 Å². The third-order valence-corrected chi connectivity index (χ3v) is 4.66. The Kier molecular flexibility index (Phi) is 8.88. The lowest BCUT2D eigenvalue weighted by Gasteiger charge is -2.13. The summed E-state index contributed by atoms with van der Waals surface area (Å²) in [5.74, 6) is 3.85. The van der Waals surface area contributed by atoms with E-state index in [9.17, 15) is 0 Å². The molecule has 0 aromatic heterocycles. The molecular formula is C19H31N3OS. The Balaban J connectivity index is 1.84. The minimum Gasteiger partial charge on any atom is -0.493 e. The summed E-state index contributed by atoms with van der Waals surface area (Å²) in [5, 5.41) is 6.73. The predicted molar refractivity (Wildman–Crippen MR) is 105 cm³/mol. The van der Waals surface area contributed by atoms with Gasteiger partial charge in [-0.3, -0.25) is 0 Å². The van der Waals surface area contributed by atoms with Crippen molar-refractivity contribution < 1.29 is 4.74 Å². The average molecular weight is 350 g/mol. The smallest absolute Gasteiger partial charge is 0.191 e. The Labute approximate surface area is 150 Å². The first-order valence-corrected chi connectivity index (χ1v) is 10.4. The molecule has 5 heteroatoms. The minimum atomic E-state index is 0.640. The van der Waals surface area contributed by atoms with Gasteiger partial charge in [0.25, 0.3) is 0 Å². The molecule has 2 rings (SSSR count). The number of para-hydroxylation sites is 1. The van der Waals surface area contributed by atoms with Crippen LogP contribution in [0.1, 0.15) is 38.2 Å². The monoisotopic (exact) mass is 349 g/mol. The number of benzene rings is 1. The number of unbranched alkanes of at least 4 members (excludes halogenated alkanes) is 1. The maximum absolute atomic E-state index is 5.97. The summed E-state index contributed by atoms with van der Waals surface area (Å²) in [6, 6.07) is 8.24. The lowest BCUT2D eigenvalue weighted by atomic mass is 10.2. The van der Waals surface area contributed by atoms with Crippen LogP contribution >= 0.6 is 11.8 Å². The van der Waals surface area contributed by atoms with Crippen molar-refractivity contribution in [1.82, 2.24) is 10.6 Å². The zero-order valence-electron chi connectivity index (χ0n) is 15.0. The number of guanidine groups is 1. The van der Waals surface area contributed by atoms with Gasteiger partial charge in [0, 0.05) is 18.7 Å². The van der Waals surface area contributed by atoms with E-state index in [4.69, 9.17) is 9.73 Å². The number of hydrogen-bond donors (Lipinski definition) is 2. The maximum atomic E-state index is 5.97. The molecule has 0 saturated heterocycles. The van der Waals surface area contributed by atoms with E-state index in [0.717, 1.165) is 42.9 Å². The van der Waals surface area contributed by atoms with E-state index in [1.807, 2.05) is 17.8 Å². The third kappa shape index (κ3) is 7.47. The first-order valence-electron chi connectivity index (χ1n) is 9.05. The van der Waals surface area contributed by atoms with Crippen molar-refractivity contribution in [3.8, 4) is 5.75 Å². The summed E-state index contributed by atoms with van der Waals surface area (Å²) in [5.41, 5.74) is 1.15. The Morgan fingerprint density at radius 3 is 2.83 bits per heavy atom. The summed E-state index contributed by atoms with van der Waals surface area (Å²) in [6.45, 7) is 5.41. The summed E-state index contributed by atoms with van der Waals surface area (Å²) < 4.78 is 5.97. The Hall–Kier alpha value is -1.36. The number of aliphatic imine (C=N–C) groups is 1. The number of ether oxygens (including phenoxy) is 1. The number of rotatable bonds is 11. The second-order valence-electron chi connectivity index (χ2n) is 6.18. The summed E-state index contributed by atoms with van der Waals surface area (Å²) >= 11 is 1.90. The lowest BCUT2D eigenvalue weighted by Crippen LogP contribution is -2.37. The van der Waals surface area contributed by atoms with E-state index in [2.05, 4.69) is 42.0 Å². The molecule has 4 nitrogen and oxygen atoms in total. The van der Waals surface area contributed by atoms with Crippen LogP contribution in [0.25, 0.3) is 0 Å². The molecule has 1 aliphatic rings. The average Bonchev–Trinajstić information content (AvgIpc) is 3.42. The van der Waals surface area contributed by atoms with Crippen LogP contribution in [0.15, 0.2) is 29.3 Å². The molecular weight excluding hydrogens is 318 g/mol. The van der Waals surface area contributed by atoms with Crippen LogP contribution in [-0.2, 0) is 6.54 Å². The molecule has 0 atom stereocenters. The van der Waals surface area contributed by atoms with Crippen LogP contribution in [0, 0.1) is 5.92 Å². The van der Waals surface area contributed by atoms with Gasteiger partial charge in [-0.25, -0.2) is 4.99 Å². The summed E-state index contributed by atoms with van der Waals surface area (Å²) in [4.78, 5) is 4.71. The van der Waals surface area contributed by atoms with Crippen LogP contribution in [0.5, 0.6) is 5.75 Å². The molecule has 2 N–H and O–H groups in total. The zero-order valence-corrected chi connectivity index (χ0v) is 15.8. The highest BCUT2D eigenvalue weighted by Crippen LogP contribution is 2.30. The van der Waals surface area contributed by atoms with E-state index < -0.39 is 0 Å². The van der Waals surface area contributed by atoms with Crippen molar-refractivity contribution in [3.63, 3.8) is 0 Å². The van der Waals surface area contributed by atoms with E-state index in [1.54, 1.807) is 0 Å². The Bertz CT molecular complexity index is 503. The van der Waals surface area contributed by atoms with Gasteiger partial charge in [0.1, 0.15) is 5.75 Å². The fraction of sp³-hybridized carbons (Fsp3) is 0.632. The molecule has 0 spiro atoms. The SMILES string of the molecule is CCNC(=NCc1ccccc1OCC1CC1)NCCCCSC. The van der Waals surface area contributed by atoms with Crippen molar-refractivity contribution in [2.45, 2.75) is 39.2 Å². The first-order chi connectivity index (χ1) is 11.8. The predicted octanol–water partition coefficient (Wildman–Crippen LogP) is 3.67. The van der Waals surface area contributed by atoms with Crippen LogP contribution in [0.4, 0.5) is 0 Å². The van der Waals surface area contributed by atoms with Gasteiger partial charge in [0.05, 0.1) is 13.2 Å². The molecule has 0 radical (unpaired) electrons. The second-order valence-corrected chi connectivity index (χ2v) is 7.17. The van der Waals surface area contributed by atoms with E-state index in [1.165, 1.54) is 31.4 Å². The van der Waals surface area contributed by atoms with Crippen LogP contribution in [0.3, 0.4) is 0 Å². The zero-order chi connectivity index (χ0) is 17.0.